The minimum Gasteiger partial charge on any atom is -0.344 e. The van der Waals surface area contributed by atoms with Gasteiger partial charge in [-0.05, 0) is 13.0 Å². The average Bonchev–Trinajstić information content (AvgIpc) is 2.67. The molecule has 3 aromatic rings. The summed E-state index contributed by atoms with van der Waals surface area (Å²) in [5.41, 5.74) is 4.03. The molecule has 0 saturated carbocycles. The second kappa shape index (κ2) is 2.54. The molecule has 0 aliphatic heterocycles. The number of H-pyrrole nitrogens is 1. The molecule has 0 amide bonds. The number of hydrogen-bond acceptors (Lipinski definition) is 2. The second-order valence-electron chi connectivity index (χ2n) is 3.34. The molecule has 0 fully saturated rings. The third-order valence-electron chi connectivity index (χ3n) is 2.44. The Hall–Kier alpha value is -1.90. The number of hydrogen-bond donors (Lipinski definition) is 1. The normalized spacial score (nSPS) is 11.2. The Balaban J connectivity index is 2.66. The van der Waals surface area contributed by atoms with Gasteiger partial charge in [-0.25, -0.2) is 4.98 Å². The number of imidazole rings is 1. The first kappa shape index (κ1) is 7.50. The molecule has 0 atom stereocenters. The predicted molar refractivity (Wildman–Crippen MR) is 56.1 cm³/mol. The lowest BCUT2D eigenvalue weighted by Gasteiger charge is -2.00. The van der Waals surface area contributed by atoms with E-state index in [-0.39, 0.29) is 0 Å². The molecule has 3 heteroatoms. The maximum atomic E-state index is 4.49. The summed E-state index contributed by atoms with van der Waals surface area (Å²) in [4.78, 5) is 11.9. The Bertz CT molecular complexity index is 610. The quantitative estimate of drug-likeness (QED) is 0.581. The molecule has 0 aliphatic carbocycles. The van der Waals surface area contributed by atoms with E-state index in [4.69, 9.17) is 0 Å². The zero-order chi connectivity index (χ0) is 9.54. The van der Waals surface area contributed by atoms with Crippen LogP contribution in [-0.4, -0.2) is 15.0 Å². The van der Waals surface area contributed by atoms with Gasteiger partial charge in [0.2, 0.25) is 0 Å². The van der Waals surface area contributed by atoms with Crippen LogP contribution in [0.1, 0.15) is 5.69 Å². The van der Waals surface area contributed by atoms with E-state index in [0.717, 1.165) is 27.6 Å². The van der Waals surface area contributed by atoms with Gasteiger partial charge in [-0.1, -0.05) is 18.2 Å². The number of aromatic amines is 1. The van der Waals surface area contributed by atoms with Crippen molar-refractivity contribution in [3.8, 4) is 0 Å². The standard InChI is InChI=1S/C11H9N3/c1-7-10-11(13-6-12-10)8-4-2-3-5-9(8)14-7/h2-6H,1H3,(H,12,13). The third kappa shape index (κ3) is 0.865. The van der Waals surface area contributed by atoms with Gasteiger partial charge in [-0.15, -0.1) is 0 Å². The Kier molecular flexibility index (Phi) is 1.36. The van der Waals surface area contributed by atoms with Crippen LogP contribution in [0.15, 0.2) is 30.6 Å². The highest BCUT2D eigenvalue weighted by Gasteiger charge is 2.05. The van der Waals surface area contributed by atoms with Crippen molar-refractivity contribution < 1.29 is 0 Å². The van der Waals surface area contributed by atoms with Gasteiger partial charge in [0.05, 0.1) is 23.1 Å². The highest BCUT2D eigenvalue weighted by atomic mass is 14.9. The largest absolute Gasteiger partial charge is 0.344 e. The number of benzene rings is 1. The number of aryl methyl sites for hydroxylation is 1. The maximum absolute atomic E-state index is 4.49. The fourth-order valence-electron chi connectivity index (χ4n) is 1.79. The predicted octanol–water partition coefficient (Wildman–Crippen LogP) is 2.42. The van der Waals surface area contributed by atoms with Gasteiger partial charge in [-0.2, -0.15) is 0 Å². The van der Waals surface area contributed by atoms with E-state index in [2.05, 4.69) is 21.0 Å². The minimum absolute atomic E-state index is 0.962. The first-order valence-electron chi connectivity index (χ1n) is 4.55. The molecule has 0 radical (unpaired) electrons. The molecule has 0 unspecified atom stereocenters. The Labute approximate surface area is 80.8 Å². The SMILES string of the molecule is Cc1nc2ccccc2c2[nH]cnc12. The molecule has 1 N–H and O–H groups in total. The molecule has 68 valence electrons. The van der Waals surface area contributed by atoms with E-state index in [0.29, 0.717) is 0 Å². The van der Waals surface area contributed by atoms with E-state index in [1.54, 1.807) is 6.33 Å². The summed E-state index contributed by atoms with van der Waals surface area (Å²) < 4.78 is 0. The van der Waals surface area contributed by atoms with Crippen LogP contribution in [0.2, 0.25) is 0 Å². The number of para-hydroxylation sites is 1. The van der Waals surface area contributed by atoms with Crippen molar-refractivity contribution in [2.45, 2.75) is 6.92 Å². The van der Waals surface area contributed by atoms with Crippen LogP contribution < -0.4 is 0 Å². The van der Waals surface area contributed by atoms with E-state index in [9.17, 15) is 0 Å². The van der Waals surface area contributed by atoms with E-state index >= 15 is 0 Å². The first-order valence-corrected chi connectivity index (χ1v) is 4.55. The van der Waals surface area contributed by atoms with Crippen LogP contribution in [0, 0.1) is 6.92 Å². The number of aromatic nitrogens is 3. The molecule has 14 heavy (non-hydrogen) atoms. The molecule has 2 aromatic heterocycles. The number of nitrogens with one attached hydrogen (secondary N) is 1. The summed E-state index contributed by atoms with van der Waals surface area (Å²) in [6.45, 7) is 1.98. The molecular weight excluding hydrogens is 174 g/mol. The Morgan fingerprint density at radius 1 is 1.21 bits per heavy atom. The van der Waals surface area contributed by atoms with E-state index < -0.39 is 0 Å². The molecule has 3 nitrogen and oxygen atoms in total. The Morgan fingerprint density at radius 2 is 2.07 bits per heavy atom. The topological polar surface area (TPSA) is 41.6 Å². The molecule has 0 bridgehead atoms. The number of rotatable bonds is 0. The van der Waals surface area contributed by atoms with Crippen LogP contribution >= 0.6 is 0 Å². The summed E-state index contributed by atoms with van der Waals surface area (Å²) in [7, 11) is 0. The summed E-state index contributed by atoms with van der Waals surface area (Å²) in [6.07, 6.45) is 1.71. The minimum atomic E-state index is 0.962. The molecule has 0 saturated heterocycles. The zero-order valence-corrected chi connectivity index (χ0v) is 7.78. The summed E-state index contributed by atoms with van der Waals surface area (Å²) in [6, 6.07) is 8.08. The Morgan fingerprint density at radius 3 is 3.00 bits per heavy atom. The molecule has 2 heterocycles. The molecular formula is C11H9N3. The maximum Gasteiger partial charge on any atom is 0.110 e. The van der Waals surface area contributed by atoms with Crippen molar-refractivity contribution in [1.29, 1.82) is 0 Å². The van der Waals surface area contributed by atoms with Gasteiger partial charge in [-0.3, -0.25) is 4.98 Å². The second-order valence-corrected chi connectivity index (χ2v) is 3.34. The van der Waals surface area contributed by atoms with Crippen molar-refractivity contribution in [2.24, 2.45) is 0 Å². The van der Waals surface area contributed by atoms with Crippen molar-refractivity contribution in [1.82, 2.24) is 15.0 Å². The number of nitrogens with zero attached hydrogens (tertiary/aromatic N) is 2. The monoisotopic (exact) mass is 183 g/mol. The van der Waals surface area contributed by atoms with Gasteiger partial charge >= 0.3 is 0 Å². The highest BCUT2D eigenvalue weighted by Crippen LogP contribution is 2.22. The van der Waals surface area contributed by atoms with E-state index in [1.165, 1.54) is 0 Å². The van der Waals surface area contributed by atoms with Gasteiger partial charge in [0.25, 0.3) is 0 Å². The van der Waals surface area contributed by atoms with Crippen LogP contribution in [0.3, 0.4) is 0 Å². The van der Waals surface area contributed by atoms with Crippen LogP contribution in [0.25, 0.3) is 21.9 Å². The lowest BCUT2D eigenvalue weighted by molar-refractivity contribution is 1.26. The molecule has 0 aliphatic rings. The van der Waals surface area contributed by atoms with Crippen LogP contribution in [0.5, 0.6) is 0 Å². The van der Waals surface area contributed by atoms with Crippen molar-refractivity contribution >= 4 is 21.9 Å². The number of pyridine rings is 1. The summed E-state index contributed by atoms with van der Waals surface area (Å²) in [5.74, 6) is 0. The van der Waals surface area contributed by atoms with Crippen molar-refractivity contribution in [2.75, 3.05) is 0 Å². The zero-order valence-electron chi connectivity index (χ0n) is 7.78. The van der Waals surface area contributed by atoms with Crippen LogP contribution in [0.4, 0.5) is 0 Å². The summed E-state index contributed by atoms with van der Waals surface area (Å²) >= 11 is 0. The van der Waals surface area contributed by atoms with Crippen LogP contribution in [-0.2, 0) is 0 Å². The van der Waals surface area contributed by atoms with Gasteiger partial charge in [0.15, 0.2) is 0 Å². The third-order valence-corrected chi connectivity index (χ3v) is 2.44. The van der Waals surface area contributed by atoms with Gasteiger partial charge in [0, 0.05) is 5.39 Å². The lowest BCUT2D eigenvalue weighted by atomic mass is 10.1. The summed E-state index contributed by atoms with van der Waals surface area (Å²) in [5, 5.41) is 1.13. The smallest absolute Gasteiger partial charge is 0.110 e. The van der Waals surface area contributed by atoms with Crippen molar-refractivity contribution in [3.63, 3.8) is 0 Å². The van der Waals surface area contributed by atoms with Gasteiger partial charge < -0.3 is 4.98 Å². The first-order chi connectivity index (χ1) is 6.86. The molecule has 1 aromatic carbocycles. The molecule has 0 spiro atoms. The fourth-order valence-corrected chi connectivity index (χ4v) is 1.79. The highest BCUT2D eigenvalue weighted by molar-refractivity contribution is 6.02. The average molecular weight is 183 g/mol. The van der Waals surface area contributed by atoms with Gasteiger partial charge in [0.1, 0.15) is 5.52 Å². The van der Waals surface area contributed by atoms with Crippen molar-refractivity contribution in [3.05, 3.63) is 36.3 Å². The fraction of sp³-hybridized carbons (Fsp3) is 0.0909. The lowest BCUT2D eigenvalue weighted by Crippen LogP contribution is -1.86. The molecule has 3 rings (SSSR count). The van der Waals surface area contributed by atoms with E-state index in [1.807, 2.05) is 25.1 Å². The number of fused-ring (bicyclic) bond motifs is 3.